The minimum Gasteiger partial charge on any atom is -0.314 e. The maximum atomic E-state index is 12.1. The Morgan fingerprint density at radius 1 is 1.06 bits per heavy atom. The van der Waals surface area contributed by atoms with Gasteiger partial charge in [0, 0.05) is 39.1 Å². The molecule has 1 fully saturated rings. The molecule has 1 aromatic carbocycles. The van der Waals surface area contributed by atoms with E-state index in [0.29, 0.717) is 6.42 Å². The Labute approximate surface area is 107 Å². The van der Waals surface area contributed by atoms with E-state index in [1.54, 1.807) is 0 Å². The second kappa shape index (κ2) is 6.81. The molecule has 1 aliphatic rings. The number of aryl methyl sites for hydroxylation is 1. The first-order chi connectivity index (χ1) is 8.74. The molecular weight excluding hydrogens is 234 g/mol. The summed E-state index contributed by atoms with van der Waals surface area (Å²) in [6.07, 6.45) is -1.78. The van der Waals surface area contributed by atoms with E-state index in [1.165, 1.54) is 5.56 Å². The maximum absolute atomic E-state index is 12.1. The first-order valence-electron chi connectivity index (χ1n) is 6.53. The molecule has 1 N–H and O–H groups in total. The van der Waals surface area contributed by atoms with E-state index < -0.39 is 6.43 Å². The van der Waals surface area contributed by atoms with Crippen molar-refractivity contribution in [3.05, 3.63) is 35.4 Å². The van der Waals surface area contributed by atoms with E-state index >= 15 is 0 Å². The lowest BCUT2D eigenvalue weighted by Gasteiger charge is -2.27. The highest BCUT2D eigenvalue weighted by Gasteiger charge is 2.09. The van der Waals surface area contributed by atoms with Crippen LogP contribution in [-0.2, 0) is 13.0 Å². The molecule has 0 bridgehead atoms. The van der Waals surface area contributed by atoms with Crippen LogP contribution in [0.25, 0.3) is 0 Å². The van der Waals surface area contributed by atoms with Gasteiger partial charge in [-0.05, 0) is 17.5 Å². The van der Waals surface area contributed by atoms with Gasteiger partial charge in [0.1, 0.15) is 0 Å². The number of nitrogens with zero attached hydrogens (tertiary/aromatic N) is 1. The van der Waals surface area contributed by atoms with Crippen molar-refractivity contribution in [3.8, 4) is 0 Å². The number of hydrogen-bond acceptors (Lipinski definition) is 2. The zero-order valence-corrected chi connectivity index (χ0v) is 10.5. The molecule has 2 rings (SSSR count). The molecule has 1 aliphatic heterocycles. The van der Waals surface area contributed by atoms with Crippen molar-refractivity contribution in [1.29, 1.82) is 0 Å². The molecular formula is C14H20F2N2. The van der Waals surface area contributed by atoms with Crippen molar-refractivity contribution in [2.24, 2.45) is 0 Å². The average Bonchev–Trinajstić information content (AvgIpc) is 2.39. The van der Waals surface area contributed by atoms with Crippen LogP contribution in [0.5, 0.6) is 0 Å². The standard InChI is InChI=1S/C14H20F2N2/c15-14(16)6-5-12-1-3-13(4-2-12)11-18-9-7-17-8-10-18/h1-4,14,17H,5-11H2. The molecule has 18 heavy (non-hydrogen) atoms. The first kappa shape index (κ1) is 13.4. The van der Waals surface area contributed by atoms with Gasteiger partial charge in [0.2, 0.25) is 6.43 Å². The fraction of sp³-hybridized carbons (Fsp3) is 0.571. The fourth-order valence-electron chi connectivity index (χ4n) is 2.21. The number of alkyl halides is 2. The van der Waals surface area contributed by atoms with Gasteiger partial charge in [-0.1, -0.05) is 24.3 Å². The molecule has 0 radical (unpaired) electrons. The summed E-state index contributed by atoms with van der Waals surface area (Å²) in [6.45, 7) is 5.20. The van der Waals surface area contributed by atoms with E-state index in [0.717, 1.165) is 38.3 Å². The van der Waals surface area contributed by atoms with Crippen LogP contribution in [0.15, 0.2) is 24.3 Å². The molecule has 1 saturated heterocycles. The van der Waals surface area contributed by atoms with Crippen LogP contribution in [0.2, 0.25) is 0 Å². The Balaban J connectivity index is 1.83. The van der Waals surface area contributed by atoms with E-state index in [4.69, 9.17) is 0 Å². The highest BCUT2D eigenvalue weighted by atomic mass is 19.3. The molecule has 0 atom stereocenters. The van der Waals surface area contributed by atoms with Crippen LogP contribution in [0, 0.1) is 0 Å². The summed E-state index contributed by atoms with van der Waals surface area (Å²) in [7, 11) is 0. The minimum atomic E-state index is -2.20. The van der Waals surface area contributed by atoms with Crippen LogP contribution in [0.1, 0.15) is 17.5 Å². The van der Waals surface area contributed by atoms with Crippen molar-refractivity contribution in [2.75, 3.05) is 26.2 Å². The summed E-state index contributed by atoms with van der Waals surface area (Å²) < 4.78 is 24.2. The molecule has 0 unspecified atom stereocenters. The molecule has 1 heterocycles. The Morgan fingerprint density at radius 2 is 1.67 bits per heavy atom. The minimum absolute atomic E-state index is 0.0445. The van der Waals surface area contributed by atoms with Gasteiger partial charge < -0.3 is 5.32 Å². The summed E-state index contributed by atoms with van der Waals surface area (Å²) in [5, 5.41) is 3.32. The molecule has 0 aromatic heterocycles. The third-order valence-corrected chi connectivity index (χ3v) is 3.29. The van der Waals surface area contributed by atoms with E-state index in [9.17, 15) is 8.78 Å². The lowest BCUT2D eigenvalue weighted by Crippen LogP contribution is -2.42. The van der Waals surface area contributed by atoms with Crippen molar-refractivity contribution < 1.29 is 8.78 Å². The van der Waals surface area contributed by atoms with E-state index in [1.807, 2.05) is 12.1 Å². The van der Waals surface area contributed by atoms with Gasteiger partial charge in [0.25, 0.3) is 0 Å². The number of piperazine rings is 1. The predicted octanol–water partition coefficient (Wildman–Crippen LogP) is 2.29. The maximum Gasteiger partial charge on any atom is 0.239 e. The van der Waals surface area contributed by atoms with Gasteiger partial charge in [-0.2, -0.15) is 0 Å². The zero-order valence-electron chi connectivity index (χ0n) is 10.5. The number of halogens is 2. The van der Waals surface area contributed by atoms with Crippen LogP contribution in [0.4, 0.5) is 8.78 Å². The molecule has 0 saturated carbocycles. The Bertz CT molecular complexity index is 345. The summed E-state index contributed by atoms with van der Waals surface area (Å²) in [4.78, 5) is 2.41. The molecule has 100 valence electrons. The van der Waals surface area contributed by atoms with Crippen molar-refractivity contribution in [1.82, 2.24) is 10.2 Å². The number of benzene rings is 1. The average molecular weight is 254 g/mol. The Morgan fingerprint density at radius 3 is 2.28 bits per heavy atom. The van der Waals surface area contributed by atoms with Gasteiger partial charge in [0.15, 0.2) is 0 Å². The van der Waals surface area contributed by atoms with Gasteiger partial charge in [-0.3, -0.25) is 4.90 Å². The summed E-state index contributed by atoms with van der Waals surface area (Å²) in [5.74, 6) is 0. The molecule has 0 spiro atoms. The number of nitrogens with one attached hydrogen (secondary N) is 1. The van der Waals surface area contributed by atoms with Gasteiger partial charge in [-0.15, -0.1) is 0 Å². The largest absolute Gasteiger partial charge is 0.314 e. The van der Waals surface area contributed by atoms with Crippen LogP contribution in [0.3, 0.4) is 0 Å². The Kier molecular flexibility index (Phi) is 5.08. The third kappa shape index (κ3) is 4.35. The second-order valence-electron chi connectivity index (χ2n) is 4.77. The number of hydrogen-bond donors (Lipinski definition) is 1. The fourth-order valence-corrected chi connectivity index (χ4v) is 2.21. The first-order valence-corrected chi connectivity index (χ1v) is 6.53. The van der Waals surface area contributed by atoms with Crippen LogP contribution in [-0.4, -0.2) is 37.5 Å². The monoisotopic (exact) mass is 254 g/mol. The van der Waals surface area contributed by atoms with Crippen molar-refractivity contribution in [2.45, 2.75) is 25.8 Å². The molecule has 0 aliphatic carbocycles. The van der Waals surface area contributed by atoms with Gasteiger partial charge in [-0.25, -0.2) is 8.78 Å². The van der Waals surface area contributed by atoms with Gasteiger partial charge in [0.05, 0.1) is 0 Å². The topological polar surface area (TPSA) is 15.3 Å². The predicted molar refractivity (Wildman–Crippen MR) is 68.9 cm³/mol. The summed E-state index contributed by atoms with van der Waals surface area (Å²) in [5.41, 5.74) is 2.26. The molecule has 4 heteroatoms. The third-order valence-electron chi connectivity index (χ3n) is 3.29. The number of rotatable bonds is 5. The van der Waals surface area contributed by atoms with Crippen LogP contribution >= 0.6 is 0 Å². The van der Waals surface area contributed by atoms with Crippen molar-refractivity contribution >= 4 is 0 Å². The SMILES string of the molecule is FC(F)CCc1ccc(CN2CCNCC2)cc1. The van der Waals surface area contributed by atoms with Crippen molar-refractivity contribution in [3.63, 3.8) is 0 Å². The molecule has 1 aromatic rings. The van der Waals surface area contributed by atoms with Crippen LogP contribution < -0.4 is 5.32 Å². The normalized spacial score (nSPS) is 17.3. The zero-order chi connectivity index (χ0) is 12.8. The lowest BCUT2D eigenvalue weighted by atomic mass is 10.1. The summed E-state index contributed by atoms with van der Waals surface area (Å²) in [6, 6.07) is 8.06. The smallest absolute Gasteiger partial charge is 0.239 e. The molecule has 2 nitrogen and oxygen atoms in total. The van der Waals surface area contributed by atoms with E-state index in [-0.39, 0.29) is 6.42 Å². The highest BCUT2D eigenvalue weighted by Crippen LogP contribution is 2.12. The van der Waals surface area contributed by atoms with Gasteiger partial charge >= 0.3 is 0 Å². The van der Waals surface area contributed by atoms with E-state index in [2.05, 4.69) is 22.3 Å². The summed E-state index contributed by atoms with van der Waals surface area (Å²) >= 11 is 0. The lowest BCUT2D eigenvalue weighted by molar-refractivity contribution is 0.138. The second-order valence-corrected chi connectivity index (χ2v) is 4.77. The molecule has 0 amide bonds. The highest BCUT2D eigenvalue weighted by molar-refractivity contribution is 5.22. The quantitative estimate of drug-likeness (QED) is 0.867. The Hall–Kier alpha value is -1.00.